The number of para-hydroxylation sites is 1. The largest absolute Gasteiger partial charge is 0.383 e. The van der Waals surface area contributed by atoms with E-state index in [-0.39, 0.29) is 0 Å². The van der Waals surface area contributed by atoms with Gasteiger partial charge in [0.1, 0.15) is 5.82 Å². The minimum atomic E-state index is 0.561. The summed E-state index contributed by atoms with van der Waals surface area (Å²) in [7, 11) is 0. The Hall–Kier alpha value is -2.69. The molecule has 4 aromatic rings. The number of thioether (sulfide) groups is 1. The zero-order chi connectivity index (χ0) is 22.4. The molecule has 2 aliphatic heterocycles. The lowest BCUT2D eigenvalue weighted by molar-refractivity contribution is 0.175. The molecule has 0 amide bonds. The second kappa shape index (κ2) is 8.58. The maximum Gasteiger partial charge on any atom is 0.165 e. The van der Waals surface area contributed by atoms with Gasteiger partial charge in [-0.25, -0.2) is 4.98 Å². The van der Waals surface area contributed by atoms with E-state index in [0.717, 1.165) is 82.9 Å². The monoisotopic (exact) mass is 522 g/mol. The van der Waals surface area contributed by atoms with Gasteiger partial charge in [-0.2, -0.15) is 9.61 Å². The van der Waals surface area contributed by atoms with Crippen LogP contribution in [-0.2, 0) is 6.54 Å². The summed E-state index contributed by atoms with van der Waals surface area (Å²) in [5.74, 6) is 1.66. The minimum absolute atomic E-state index is 0.561. The molecule has 2 aliphatic rings. The summed E-state index contributed by atoms with van der Waals surface area (Å²) in [5.41, 5.74) is 11.0. The molecule has 6 rings (SSSR count). The molecule has 1 aromatic carbocycles. The first-order valence-electron chi connectivity index (χ1n) is 11.0. The molecule has 0 aliphatic carbocycles. The van der Waals surface area contributed by atoms with Gasteiger partial charge in [-0.3, -0.25) is 14.9 Å². The van der Waals surface area contributed by atoms with Crippen molar-refractivity contribution in [3.63, 3.8) is 0 Å². The fourth-order valence-electron chi connectivity index (χ4n) is 4.39. The molecule has 1 saturated heterocycles. The highest BCUT2D eigenvalue weighted by Crippen LogP contribution is 2.31. The highest BCUT2D eigenvalue weighted by Gasteiger charge is 2.24. The van der Waals surface area contributed by atoms with Gasteiger partial charge in [0.15, 0.2) is 10.8 Å². The quantitative estimate of drug-likeness (QED) is 0.440. The van der Waals surface area contributed by atoms with Gasteiger partial charge in [-0.1, -0.05) is 30.0 Å². The van der Waals surface area contributed by atoms with Crippen molar-refractivity contribution < 1.29 is 0 Å². The number of aromatic nitrogens is 4. The summed E-state index contributed by atoms with van der Waals surface area (Å²) < 4.78 is 2.50. The predicted octanol–water partition coefficient (Wildman–Crippen LogP) is 3.51. The lowest BCUT2D eigenvalue weighted by Gasteiger charge is -2.35. The van der Waals surface area contributed by atoms with Gasteiger partial charge in [0.25, 0.3) is 0 Å². The molecule has 0 spiro atoms. The standard InChI is InChI=1S/C23H23BrN8S/c24-20-19(14-30-6-8-31(9-7-30)23-26-5-10-33-23)29-22-17(13-28-32(22)21(20)25)16-11-15-3-1-2-4-18(15)27-12-16/h1-4,11-13H,5-10,14,25H2. The van der Waals surface area contributed by atoms with Crippen LogP contribution >= 0.6 is 27.7 Å². The number of fused-ring (bicyclic) bond motifs is 2. The lowest BCUT2D eigenvalue weighted by atomic mass is 10.1. The van der Waals surface area contributed by atoms with E-state index in [2.05, 4.69) is 52.9 Å². The van der Waals surface area contributed by atoms with Crippen LogP contribution in [0.4, 0.5) is 5.82 Å². The Morgan fingerprint density at radius 3 is 2.76 bits per heavy atom. The molecule has 2 N–H and O–H groups in total. The number of anilines is 1. The lowest BCUT2D eigenvalue weighted by Crippen LogP contribution is -2.47. The Bertz CT molecular complexity index is 1380. The maximum atomic E-state index is 6.46. The molecule has 10 heteroatoms. The van der Waals surface area contributed by atoms with Gasteiger partial charge in [-0.15, -0.1) is 0 Å². The van der Waals surface area contributed by atoms with E-state index in [1.165, 1.54) is 5.17 Å². The first kappa shape index (κ1) is 20.9. The Labute approximate surface area is 204 Å². The molecule has 33 heavy (non-hydrogen) atoms. The predicted molar refractivity (Wildman–Crippen MR) is 137 cm³/mol. The number of rotatable bonds is 3. The van der Waals surface area contributed by atoms with Crippen molar-refractivity contribution in [1.82, 2.24) is 29.4 Å². The van der Waals surface area contributed by atoms with E-state index in [1.807, 2.05) is 42.4 Å². The number of nitrogen functional groups attached to an aromatic ring is 1. The second-order valence-corrected chi connectivity index (χ2v) is 10.1. The van der Waals surface area contributed by atoms with Crippen molar-refractivity contribution in [3.8, 4) is 11.1 Å². The molecule has 0 unspecified atom stereocenters. The summed E-state index contributed by atoms with van der Waals surface area (Å²) in [5, 5.41) is 6.80. The molecule has 0 bridgehead atoms. The number of piperazine rings is 1. The number of hydrogen-bond acceptors (Lipinski definition) is 8. The molecule has 1 fully saturated rings. The van der Waals surface area contributed by atoms with Gasteiger partial charge in [-0.05, 0) is 28.1 Å². The highest BCUT2D eigenvalue weighted by molar-refractivity contribution is 9.10. The number of halogens is 1. The van der Waals surface area contributed by atoms with Crippen molar-refractivity contribution in [2.75, 3.05) is 44.2 Å². The van der Waals surface area contributed by atoms with Crippen LogP contribution in [0.1, 0.15) is 5.69 Å². The topological polar surface area (TPSA) is 87.9 Å². The third kappa shape index (κ3) is 3.85. The van der Waals surface area contributed by atoms with Crippen molar-refractivity contribution in [1.29, 1.82) is 0 Å². The number of pyridine rings is 1. The van der Waals surface area contributed by atoms with E-state index in [9.17, 15) is 0 Å². The molecular formula is C23H23BrN8S. The molecule has 5 heterocycles. The fourth-order valence-corrected chi connectivity index (χ4v) is 5.69. The van der Waals surface area contributed by atoms with Gasteiger partial charge < -0.3 is 10.6 Å². The number of aliphatic imine (C=N–C) groups is 1. The number of hydrogen-bond donors (Lipinski definition) is 1. The molecule has 0 saturated carbocycles. The first-order valence-corrected chi connectivity index (χ1v) is 12.8. The third-order valence-electron chi connectivity index (χ3n) is 6.18. The van der Waals surface area contributed by atoms with Crippen molar-refractivity contribution in [3.05, 3.63) is 52.9 Å². The van der Waals surface area contributed by atoms with Gasteiger partial charge in [0, 0.05) is 61.2 Å². The number of benzene rings is 1. The van der Waals surface area contributed by atoms with E-state index in [0.29, 0.717) is 5.82 Å². The molecule has 3 aromatic heterocycles. The normalized spacial score (nSPS) is 17.2. The van der Waals surface area contributed by atoms with Crippen LogP contribution in [0, 0.1) is 0 Å². The van der Waals surface area contributed by atoms with Crippen LogP contribution in [0.15, 0.2) is 52.2 Å². The van der Waals surface area contributed by atoms with Crippen LogP contribution in [0.5, 0.6) is 0 Å². The first-order chi connectivity index (χ1) is 16.2. The Kier molecular flexibility index (Phi) is 5.43. The van der Waals surface area contributed by atoms with E-state index < -0.39 is 0 Å². The summed E-state index contributed by atoms with van der Waals surface area (Å²) in [6, 6.07) is 10.2. The van der Waals surface area contributed by atoms with Gasteiger partial charge in [0.2, 0.25) is 0 Å². The Morgan fingerprint density at radius 2 is 1.94 bits per heavy atom. The van der Waals surface area contributed by atoms with Crippen LogP contribution < -0.4 is 5.73 Å². The number of nitrogens with two attached hydrogens (primary N) is 1. The summed E-state index contributed by atoms with van der Waals surface area (Å²) in [4.78, 5) is 19.1. The van der Waals surface area contributed by atoms with Gasteiger partial charge >= 0.3 is 0 Å². The van der Waals surface area contributed by atoms with Crippen LogP contribution in [-0.4, -0.2) is 73.0 Å². The minimum Gasteiger partial charge on any atom is -0.383 e. The summed E-state index contributed by atoms with van der Waals surface area (Å²) in [6.45, 7) is 5.59. The van der Waals surface area contributed by atoms with Gasteiger partial charge in [0.05, 0.1) is 28.4 Å². The van der Waals surface area contributed by atoms with E-state index in [4.69, 9.17) is 10.7 Å². The smallest absolute Gasteiger partial charge is 0.165 e. The second-order valence-electron chi connectivity index (χ2n) is 8.24. The molecule has 0 radical (unpaired) electrons. The molecule has 8 nitrogen and oxygen atoms in total. The Morgan fingerprint density at radius 1 is 1.09 bits per heavy atom. The molecule has 168 valence electrons. The fraction of sp³-hybridized carbons (Fsp3) is 0.304. The number of amidine groups is 1. The average Bonchev–Trinajstić information content (AvgIpc) is 3.53. The van der Waals surface area contributed by atoms with Crippen molar-refractivity contribution in [2.24, 2.45) is 4.99 Å². The van der Waals surface area contributed by atoms with E-state index >= 15 is 0 Å². The van der Waals surface area contributed by atoms with Crippen LogP contribution in [0.25, 0.3) is 27.7 Å². The summed E-state index contributed by atoms with van der Waals surface area (Å²) >= 11 is 5.54. The third-order valence-corrected chi connectivity index (χ3v) is 8.07. The molecule has 0 atom stereocenters. The highest BCUT2D eigenvalue weighted by atomic mass is 79.9. The van der Waals surface area contributed by atoms with E-state index in [1.54, 1.807) is 4.52 Å². The van der Waals surface area contributed by atoms with Crippen LogP contribution in [0.2, 0.25) is 0 Å². The molecular weight excluding hydrogens is 500 g/mol. The Balaban J connectivity index is 1.30. The SMILES string of the molecule is Nc1c(Br)c(CN2CCN(C3=NCCS3)CC2)nc2c(-c3cnc4ccccc4c3)cnn12. The van der Waals surface area contributed by atoms with Crippen molar-refractivity contribution in [2.45, 2.75) is 6.54 Å². The average molecular weight is 523 g/mol. The zero-order valence-corrected chi connectivity index (χ0v) is 20.4. The number of nitrogens with zero attached hydrogens (tertiary/aromatic N) is 7. The zero-order valence-electron chi connectivity index (χ0n) is 18.0. The van der Waals surface area contributed by atoms with Crippen LogP contribution in [0.3, 0.4) is 0 Å². The maximum absolute atomic E-state index is 6.46. The summed E-state index contributed by atoms with van der Waals surface area (Å²) in [6.07, 6.45) is 3.70. The van der Waals surface area contributed by atoms with Crippen molar-refractivity contribution >= 4 is 55.2 Å².